The van der Waals surface area contributed by atoms with Crippen LogP contribution in [0, 0.1) is 5.92 Å². The minimum absolute atomic E-state index is 0.102. The summed E-state index contributed by atoms with van der Waals surface area (Å²) < 4.78 is 42.0. The van der Waals surface area contributed by atoms with E-state index in [1.54, 1.807) is 0 Å². The first-order chi connectivity index (χ1) is 6.28. The fourth-order valence-electron chi connectivity index (χ4n) is 1.25. The van der Waals surface area contributed by atoms with E-state index in [1.165, 1.54) is 13.8 Å². The highest BCUT2D eigenvalue weighted by atomic mass is 19.4. The van der Waals surface area contributed by atoms with Crippen LogP contribution in [0.3, 0.4) is 0 Å². The number of hydrogen-bond acceptors (Lipinski definition) is 2. The zero-order valence-corrected chi connectivity index (χ0v) is 8.15. The fraction of sp³-hybridized carbons (Fsp3) is 0.889. The Labute approximate surface area is 80.4 Å². The maximum absolute atomic E-state index is 12.5. The predicted octanol–water partition coefficient (Wildman–Crippen LogP) is 2.67. The van der Waals surface area contributed by atoms with E-state index in [9.17, 15) is 18.0 Å². The molecular weight excluding hydrogens is 197 g/mol. The van der Waals surface area contributed by atoms with Crippen LogP contribution in [-0.4, -0.2) is 17.7 Å². The number of carbonyl (C=O) groups excluding carboxylic acids is 1. The Kier molecular flexibility index (Phi) is 2.78. The summed E-state index contributed by atoms with van der Waals surface area (Å²) in [6.07, 6.45) is -4.18. The molecular formula is C9H13F3O2. The molecule has 0 N–H and O–H groups in total. The Morgan fingerprint density at radius 1 is 1.36 bits per heavy atom. The van der Waals surface area contributed by atoms with E-state index < -0.39 is 23.7 Å². The summed E-state index contributed by atoms with van der Waals surface area (Å²) in [6, 6.07) is 0. The normalized spacial score (nSPS) is 20.4. The van der Waals surface area contributed by atoms with Gasteiger partial charge in [0.15, 0.2) is 0 Å². The maximum Gasteiger partial charge on any atom is 0.428 e. The van der Waals surface area contributed by atoms with E-state index in [1.807, 2.05) is 0 Å². The summed E-state index contributed by atoms with van der Waals surface area (Å²) in [5.74, 6) is -1.29. The summed E-state index contributed by atoms with van der Waals surface area (Å²) >= 11 is 0. The SMILES string of the molecule is CC(C)C(=O)OC1(C(F)(F)F)CCC1. The number of hydrogen-bond donors (Lipinski definition) is 0. The number of ether oxygens (including phenoxy) is 1. The number of rotatable bonds is 2. The zero-order chi connectivity index (χ0) is 11.0. The highest BCUT2D eigenvalue weighted by Gasteiger charge is 2.61. The third kappa shape index (κ3) is 1.86. The van der Waals surface area contributed by atoms with Gasteiger partial charge in [-0.1, -0.05) is 13.8 Å². The molecule has 1 fully saturated rings. The van der Waals surface area contributed by atoms with Crippen LogP contribution < -0.4 is 0 Å². The number of alkyl halides is 3. The monoisotopic (exact) mass is 210 g/mol. The molecule has 0 saturated heterocycles. The summed E-state index contributed by atoms with van der Waals surface area (Å²) in [5.41, 5.74) is -2.19. The van der Waals surface area contributed by atoms with Gasteiger partial charge >= 0.3 is 12.1 Å². The van der Waals surface area contributed by atoms with Crippen molar-refractivity contribution in [3.05, 3.63) is 0 Å². The zero-order valence-electron chi connectivity index (χ0n) is 8.15. The highest BCUT2D eigenvalue weighted by Crippen LogP contribution is 2.48. The topological polar surface area (TPSA) is 26.3 Å². The number of esters is 1. The second kappa shape index (κ2) is 3.44. The Bertz CT molecular complexity index is 229. The Morgan fingerprint density at radius 3 is 2.07 bits per heavy atom. The molecule has 0 spiro atoms. The van der Waals surface area contributed by atoms with Gasteiger partial charge in [0.1, 0.15) is 0 Å². The van der Waals surface area contributed by atoms with Crippen molar-refractivity contribution in [1.29, 1.82) is 0 Å². The van der Waals surface area contributed by atoms with Crippen molar-refractivity contribution in [2.45, 2.75) is 44.9 Å². The van der Waals surface area contributed by atoms with E-state index in [0.29, 0.717) is 6.42 Å². The second-order valence-corrected chi connectivity index (χ2v) is 3.92. The fourth-order valence-corrected chi connectivity index (χ4v) is 1.25. The lowest BCUT2D eigenvalue weighted by Crippen LogP contribution is -2.54. The molecule has 0 aromatic heterocycles. The van der Waals surface area contributed by atoms with Crippen LogP contribution in [0.25, 0.3) is 0 Å². The Balaban J connectivity index is 2.68. The van der Waals surface area contributed by atoms with Gasteiger partial charge in [-0.25, -0.2) is 0 Å². The molecule has 82 valence electrons. The molecule has 1 aliphatic carbocycles. The molecule has 5 heteroatoms. The molecule has 14 heavy (non-hydrogen) atoms. The first-order valence-corrected chi connectivity index (χ1v) is 4.58. The van der Waals surface area contributed by atoms with Gasteiger partial charge in [-0.05, 0) is 19.3 Å². The maximum atomic E-state index is 12.5. The lowest BCUT2D eigenvalue weighted by atomic mass is 9.79. The summed E-state index contributed by atoms with van der Waals surface area (Å²) in [4.78, 5) is 11.1. The highest BCUT2D eigenvalue weighted by molar-refractivity contribution is 5.72. The second-order valence-electron chi connectivity index (χ2n) is 3.92. The van der Waals surface area contributed by atoms with Gasteiger partial charge in [-0.2, -0.15) is 13.2 Å². The van der Waals surface area contributed by atoms with Crippen molar-refractivity contribution < 1.29 is 22.7 Å². The van der Waals surface area contributed by atoms with E-state index in [4.69, 9.17) is 0 Å². The summed E-state index contributed by atoms with van der Waals surface area (Å²) in [7, 11) is 0. The number of halogens is 3. The van der Waals surface area contributed by atoms with Gasteiger partial charge < -0.3 is 4.74 Å². The molecule has 0 amide bonds. The van der Waals surface area contributed by atoms with Crippen molar-refractivity contribution in [3.8, 4) is 0 Å². The van der Waals surface area contributed by atoms with E-state index in [0.717, 1.165) is 0 Å². The molecule has 0 atom stereocenters. The first kappa shape index (κ1) is 11.3. The van der Waals surface area contributed by atoms with Gasteiger partial charge in [0.05, 0.1) is 5.92 Å². The van der Waals surface area contributed by atoms with Crippen LogP contribution in [0.15, 0.2) is 0 Å². The minimum Gasteiger partial charge on any atom is -0.449 e. The molecule has 1 rings (SSSR count). The largest absolute Gasteiger partial charge is 0.449 e. The smallest absolute Gasteiger partial charge is 0.428 e. The molecule has 2 nitrogen and oxygen atoms in total. The standard InChI is InChI=1S/C9H13F3O2/c1-6(2)7(13)14-8(4-3-5-8)9(10,11)12/h6H,3-5H2,1-2H3. The van der Waals surface area contributed by atoms with Crippen molar-refractivity contribution >= 4 is 5.97 Å². The van der Waals surface area contributed by atoms with Gasteiger partial charge in [-0.3, -0.25) is 4.79 Å². The molecule has 0 aliphatic heterocycles. The van der Waals surface area contributed by atoms with E-state index in [2.05, 4.69) is 4.74 Å². The summed E-state index contributed by atoms with van der Waals surface area (Å²) in [5, 5.41) is 0. The average molecular weight is 210 g/mol. The molecule has 0 radical (unpaired) electrons. The van der Waals surface area contributed by atoms with Crippen LogP contribution in [0.4, 0.5) is 13.2 Å². The summed E-state index contributed by atoms with van der Waals surface area (Å²) in [6.45, 7) is 3.04. The molecule has 0 heterocycles. The average Bonchev–Trinajstić information content (AvgIpc) is 1.93. The van der Waals surface area contributed by atoms with Crippen molar-refractivity contribution in [2.24, 2.45) is 5.92 Å². The lowest BCUT2D eigenvalue weighted by molar-refractivity contribution is -0.295. The van der Waals surface area contributed by atoms with Gasteiger partial charge in [-0.15, -0.1) is 0 Å². The van der Waals surface area contributed by atoms with E-state index >= 15 is 0 Å². The third-order valence-electron chi connectivity index (χ3n) is 2.45. The van der Waals surface area contributed by atoms with Crippen molar-refractivity contribution in [3.63, 3.8) is 0 Å². The first-order valence-electron chi connectivity index (χ1n) is 4.58. The van der Waals surface area contributed by atoms with Crippen LogP contribution in [-0.2, 0) is 9.53 Å². The van der Waals surface area contributed by atoms with Crippen molar-refractivity contribution in [2.75, 3.05) is 0 Å². The molecule has 1 saturated carbocycles. The van der Waals surface area contributed by atoms with Crippen LogP contribution in [0.5, 0.6) is 0 Å². The molecule has 0 aromatic carbocycles. The minimum atomic E-state index is -4.43. The predicted molar refractivity (Wildman–Crippen MR) is 43.6 cm³/mol. The van der Waals surface area contributed by atoms with Gasteiger partial charge in [0.2, 0.25) is 5.60 Å². The Morgan fingerprint density at radius 2 is 1.86 bits per heavy atom. The Hall–Kier alpha value is -0.740. The van der Waals surface area contributed by atoms with Crippen LogP contribution >= 0.6 is 0 Å². The van der Waals surface area contributed by atoms with Crippen LogP contribution in [0.1, 0.15) is 33.1 Å². The third-order valence-corrected chi connectivity index (χ3v) is 2.45. The van der Waals surface area contributed by atoms with E-state index in [-0.39, 0.29) is 12.8 Å². The molecule has 1 aliphatic rings. The quantitative estimate of drug-likeness (QED) is 0.655. The molecule has 0 unspecified atom stereocenters. The van der Waals surface area contributed by atoms with Crippen molar-refractivity contribution in [1.82, 2.24) is 0 Å². The molecule has 0 bridgehead atoms. The molecule has 0 aromatic rings. The van der Waals surface area contributed by atoms with Gasteiger partial charge in [0, 0.05) is 0 Å². The lowest BCUT2D eigenvalue weighted by Gasteiger charge is -2.42. The number of carbonyl (C=O) groups is 1. The van der Waals surface area contributed by atoms with Crippen LogP contribution in [0.2, 0.25) is 0 Å². The van der Waals surface area contributed by atoms with Gasteiger partial charge in [0.25, 0.3) is 0 Å².